The third kappa shape index (κ3) is 3.46. The van der Waals surface area contributed by atoms with Crippen LogP contribution in [0.25, 0.3) is 0 Å². The predicted molar refractivity (Wildman–Crippen MR) is 127 cm³/mol. The standard InChI is InChI=1S/C26H32N6O3/c1-29(2)24(33)15-3-5-19-14(7-15)4-6-21(19)32-18-10-23(26(32)35)30(12-18)13-20(28)25(34)31-17(11-27)8-16-9-22(16)31/h3,5,7,16-18,20-23H,4,6,8-10,12-13,28H2,1-2H3/t16-,17+,18?,20+,21+,22+,23-/m1/s1. The maximum Gasteiger partial charge on any atom is 0.253 e. The van der Waals surface area contributed by atoms with Crippen molar-refractivity contribution in [2.45, 2.75) is 68.4 Å². The fourth-order valence-corrected chi connectivity index (χ4v) is 6.99. The second-order valence-electron chi connectivity index (χ2n) is 11.1. The first-order valence-electron chi connectivity index (χ1n) is 12.7. The Morgan fingerprint density at radius 3 is 2.74 bits per heavy atom. The summed E-state index contributed by atoms with van der Waals surface area (Å²) in [5.74, 6) is 0.411. The van der Waals surface area contributed by atoms with E-state index < -0.39 is 6.04 Å². The monoisotopic (exact) mass is 476 g/mol. The zero-order valence-corrected chi connectivity index (χ0v) is 20.3. The van der Waals surface area contributed by atoms with Crippen LogP contribution in [0.2, 0.25) is 0 Å². The Bertz CT molecular complexity index is 1140. The lowest BCUT2D eigenvalue weighted by Gasteiger charge is -2.38. The Morgan fingerprint density at radius 2 is 2.03 bits per heavy atom. The van der Waals surface area contributed by atoms with Crippen molar-refractivity contribution in [3.63, 3.8) is 0 Å². The topological polar surface area (TPSA) is 114 Å². The van der Waals surface area contributed by atoms with Gasteiger partial charge in [-0.1, -0.05) is 6.07 Å². The molecule has 0 aromatic heterocycles. The van der Waals surface area contributed by atoms with Crippen molar-refractivity contribution < 1.29 is 14.4 Å². The van der Waals surface area contributed by atoms with Crippen molar-refractivity contribution in [3.05, 3.63) is 34.9 Å². The molecule has 3 saturated heterocycles. The van der Waals surface area contributed by atoms with E-state index in [1.807, 2.05) is 18.2 Å². The zero-order valence-electron chi connectivity index (χ0n) is 20.3. The van der Waals surface area contributed by atoms with E-state index >= 15 is 0 Å². The fourth-order valence-electron chi connectivity index (χ4n) is 6.99. The van der Waals surface area contributed by atoms with Gasteiger partial charge in [0.05, 0.1) is 24.2 Å². The highest BCUT2D eigenvalue weighted by molar-refractivity contribution is 5.94. The summed E-state index contributed by atoms with van der Waals surface area (Å²) in [5.41, 5.74) is 9.32. The number of nitrogens with two attached hydrogens (primary N) is 1. The number of likely N-dealkylation sites (tertiary alicyclic amines) is 3. The normalized spacial score (nSPS) is 33.5. The molecule has 0 radical (unpaired) electrons. The SMILES string of the molecule is CN(C)C(=O)c1ccc2c(c1)CC[C@@H]2N1C(=O)[C@H]2CC1CN2C[C@H](N)C(=O)N1[C@H](C#N)C[C@@H]2C[C@@H]21. The Morgan fingerprint density at radius 1 is 1.23 bits per heavy atom. The van der Waals surface area contributed by atoms with Crippen LogP contribution in [0.1, 0.15) is 53.2 Å². The summed E-state index contributed by atoms with van der Waals surface area (Å²) in [6.07, 6.45) is 4.23. The summed E-state index contributed by atoms with van der Waals surface area (Å²) in [5, 5.41) is 9.42. The summed E-state index contributed by atoms with van der Waals surface area (Å²) < 4.78 is 0. The molecular formula is C26H32N6O3. The van der Waals surface area contributed by atoms with E-state index in [0.717, 1.165) is 43.2 Å². The molecule has 35 heavy (non-hydrogen) atoms. The van der Waals surface area contributed by atoms with Crippen LogP contribution in [-0.2, 0) is 16.0 Å². The third-order valence-electron chi connectivity index (χ3n) is 8.75. The van der Waals surface area contributed by atoms with Gasteiger partial charge in [-0.25, -0.2) is 0 Å². The lowest BCUT2D eigenvalue weighted by atomic mass is 10.0. The van der Waals surface area contributed by atoms with Crippen LogP contribution in [0.3, 0.4) is 0 Å². The summed E-state index contributed by atoms with van der Waals surface area (Å²) in [4.78, 5) is 46.3. The minimum absolute atomic E-state index is 0.0127. The van der Waals surface area contributed by atoms with Gasteiger partial charge in [0.25, 0.3) is 5.91 Å². The average Bonchev–Trinajstić information content (AvgIpc) is 3.18. The van der Waals surface area contributed by atoms with Gasteiger partial charge in [0.15, 0.2) is 0 Å². The van der Waals surface area contributed by atoms with Crippen LogP contribution >= 0.6 is 0 Å². The summed E-state index contributed by atoms with van der Waals surface area (Å²) >= 11 is 0. The van der Waals surface area contributed by atoms with Crippen LogP contribution < -0.4 is 5.73 Å². The molecule has 2 aliphatic carbocycles. The number of benzene rings is 1. The molecule has 2 N–H and O–H groups in total. The fraction of sp³-hybridized carbons (Fsp3) is 0.615. The number of carbonyl (C=O) groups excluding carboxylic acids is 3. The van der Waals surface area contributed by atoms with Gasteiger partial charge in [-0.05, 0) is 61.3 Å². The van der Waals surface area contributed by atoms with Crippen molar-refractivity contribution in [1.29, 1.82) is 5.26 Å². The highest BCUT2D eigenvalue weighted by Crippen LogP contribution is 2.48. The quantitative estimate of drug-likeness (QED) is 0.662. The maximum atomic E-state index is 13.4. The molecule has 7 atom stereocenters. The van der Waals surface area contributed by atoms with Gasteiger partial charge in [-0.15, -0.1) is 0 Å². The molecule has 6 rings (SSSR count). The molecule has 9 heteroatoms. The van der Waals surface area contributed by atoms with Gasteiger partial charge < -0.3 is 20.4 Å². The summed E-state index contributed by atoms with van der Waals surface area (Å²) in [6.45, 7) is 1.07. The smallest absolute Gasteiger partial charge is 0.253 e. The van der Waals surface area contributed by atoms with Gasteiger partial charge in [-0.2, -0.15) is 5.26 Å². The molecule has 3 amide bonds. The van der Waals surface area contributed by atoms with Crippen LogP contribution in [0, 0.1) is 17.2 Å². The number of amides is 3. The van der Waals surface area contributed by atoms with Crippen molar-refractivity contribution in [2.24, 2.45) is 11.7 Å². The third-order valence-corrected chi connectivity index (χ3v) is 8.75. The first-order valence-corrected chi connectivity index (χ1v) is 12.7. The number of carbonyl (C=O) groups is 3. The van der Waals surface area contributed by atoms with E-state index in [0.29, 0.717) is 24.6 Å². The molecule has 1 saturated carbocycles. The van der Waals surface area contributed by atoms with Gasteiger partial charge in [0, 0.05) is 44.8 Å². The predicted octanol–water partition coefficient (Wildman–Crippen LogP) is 0.501. The molecular weight excluding hydrogens is 444 g/mol. The van der Waals surface area contributed by atoms with Crippen molar-refractivity contribution in [1.82, 2.24) is 19.6 Å². The molecule has 1 aromatic rings. The number of aryl methyl sites for hydroxylation is 1. The second-order valence-corrected chi connectivity index (χ2v) is 11.1. The van der Waals surface area contributed by atoms with Crippen LogP contribution in [0.15, 0.2) is 18.2 Å². The largest absolute Gasteiger partial charge is 0.345 e. The molecule has 3 aliphatic heterocycles. The number of nitrogens with zero attached hydrogens (tertiary/aromatic N) is 5. The van der Waals surface area contributed by atoms with Crippen molar-refractivity contribution in [3.8, 4) is 6.07 Å². The van der Waals surface area contributed by atoms with E-state index in [1.54, 1.807) is 23.9 Å². The Labute approximate surface area is 205 Å². The number of fused-ring (bicyclic) bond motifs is 4. The van der Waals surface area contributed by atoms with Crippen molar-refractivity contribution in [2.75, 3.05) is 27.2 Å². The Balaban J connectivity index is 1.12. The highest BCUT2D eigenvalue weighted by atomic mass is 16.2. The number of piperidine rings is 1. The summed E-state index contributed by atoms with van der Waals surface area (Å²) in [6, 6.07) is 7.13. The molecule has 3 heterocycles. The maximum absolute atomic E-state index is 13.4. The first-order chi connectivity index (χ1) is 16.8. The first kappa shape index (κ1) is 22.5. The van der Waals surface area contributed by atoms with Crippen LogP contribution in [0.5, 0.6) is 0 Å². The molecule has 9 nitrogen and oxygen atoms in total. The van der Waals surface area contributed by atoms with Gasteiger partial charge in [-0.3, -0.25) is 19.3 Å². The van der Waals surface area contributed by atoms with E-state index in [2.05, 4.69) is 15.9 Å². The molecule has 0 spiro atoms. The van der Waals surface area contributed by atoms with E-state index in [1.165, 1.54) is 0 Å². The van der Waals surface area contributed by atoms with Crippen LogP contribution in [0.4, 0.5) is 0 Å². The van der Waals surface area contributed by atoms with Gasteiger partial charge >= 0.3 is 0 Å². The molecule has 184 valence electrons. The lowest BCUT2D eigenvalue weighted by molar-refractivity contribution is -0.141. The summed E-state index contributed by atoms with van der Waals surface area (Å²) in [7, 11) is 3.50. The van der Waals surface area contributed by atoms with E-state index in [9.17, 15) is 19.6 Å². The van der Waals surface area contributed by atoms with E-state index in [4.69, 9.17) is 5.73 Å². The Kier molecular flexibility index (Phi) is 5.17. The number of hydrogen-bond donors (Lipinski definition) is 1. The lowest BCUT2D eigenvalue weighted by Crippen LogP contribution is -2.57. The molecule has 1 aromatic carbocycles. The van der Waals surface area contributed by atoms with Gasteiger partial charge in [0.2, 0.25) is 11.8 Å². The second kappa shape index (κ2) is 8.04. The molecule has 1 unspecified atom stereocenters. The average molecular weight is 477 g/mol. The number of hydrogen-bond acceptors (Lipinski definition) is 6. The van der Waals surface area contributed by atoms with Crippen molar-refractivity contribution >= 4 is 17.7 Å². The molecule has 5 aliphatic rings. The molecule has 4 fully saturated rings. The minimum Gasteiger partial charge on any atom is -0.345 e. The van der Waals surface area contributed by atoms with Gasteiger partial charge in [0.1, 0.15) is 6.04 Å². The number of piperazine rings is 1. The highest BCUT2D eigenvalue weighted by Gasteiger charge is 2.56. The minimum atomic E-state index is -0.717. The number of nitriles is 1. The Hall–Kier alpha value is -2.96. The number of rotatable bonds is 5. The molecule has 2 bridgehead atoms. The van der Waals surface area contributed by atoms with Crippen LogP contribution in [-0.4, -0.2) is 94.7 Å². The zero-order chi connectivity index (χ0) is 24.6. The van der Waals surface area contributed by atoms with E-state index in [-0.39, 0.29) is 47.9 Å².